The molecule has 7 nitrogen and oxygen atoms in total. The predicted octanol–water partition coefficient (Wildman–Crippen LogP) is 0.881. The lowest BCUT2D eigenvalue weighted by atomic mass is 10.2. The molecule has 0 bridgehead atoms. The van der Waals surface area contributed by atoms with Crippen molar-refractivity contribution in [3.8, 4) is 11.4 Å². The smallest absolute Gasteiger partial charge is 0.305 e. The largest absolute Gasteiger partial charge is 0.481 e. The van der Waals surface area contributed by atoms with Gasteiger partial charge in [0.1, 0.15) is 0 Å². The molecule has 0 aliphatic carbocycles. The molecule has 19 heavy (non-hydrogen) atoms. The van der Waals surface area contributed by atoms with E-state index in [1.54, 1.807) is 0 Å². The Bertz CT molecular complexity index is 562. The molecule has 2 rings (SSSR count). The van der Waals surface area contributed by atoms with E-state index in [0.717, 1.165) is 11.3 Å². The topological polar surface area (TPSA) is 84.1 Å². The fraction of sp³-hybridized carbons (Fsp3) is 0.333. The second kappa shape index (κ2) is 5.47. The molecule has 0 aliphatic rings. The van der Waals surface area contributed by atoms with Gasteiger partial charge in [-0.25, -0.2) is 4.68 Å². The van der Waals surface area contributed by atoms with Gasteiger partial charge in [-0.1, -0.05) is 0 Å². The van der Waals surface area contributed by atoms with Crippen molar-refractivity contribution >= 4 is 11.7 Å². The van der Waals surface area contributed by atoms with Gasteiger partial charge in [0, 0.05) is 25.3 Å². The highest BCUT2D eigenvalue weighted by Crippen LogP contribution is 2.20. The Morgan fingerprint density at radius 3 is 2.58 bits per heavy atom. The third-order valence-corrected chi connectivity index (χ3v) is 2.71. The first-order chi connectivity index (χ1) is 9.08. The van der Waals surface area contributed by atoms with Gasteiger partial charge in [0.2, 0.25) is 0 Å². The SMILES string of the molecule is CN(C)c1ccc(-c2nnnn2CCC(=O)O)cc1. The molecule has 0 saturated carbocycles. The minimum atomic E-state index is -0.871. The van der Waals surface area contributed by atoms with Crippen LogP contribution in [-0.2, 0) is 11.3 Å². The van der Waals surface area contributed by atoms with Gasteiger partial charge < -0.3 is 10.0 Å². The molecule has 1 heterocycles. The molecule has 0 spiro atoms. The number of anilines is 1. The molecule has 1 aromatic carbocycles. The van der Waals surface area contributed by atoms with Gasteiger partial charge in [-0.15, -0.1) is 5.10 Å². The summed E-state index contributed by atoms with van der Waals surface area (Å²) in [6, 6.07) is 7.76. The van der Waals surface area contributed by atoms with E-state index in [-0.39, 0.29) is 13.0 Å². The number of carboxylic acids is 1. The van der Waals surface area contributed by atoms with Crippen LogP contribution < -0.4 is 4.90 Å². The van der Waals surface area contributed by atoms with Gasteiger partial charge in [0.05, 0.1) is 13.0 Å². The molecule has 0 unspecified atom stereocenters. The number of carbonyl (C=O) groups is 1. The zero-order chi connectivity index (χ0) is 13.8. The fourth-order valence-corrected chi connectivity index (χ4v) is 1.67. The van der Waals surface area contributed by atoms with E-state index in [9.17, 15) is 4.79 Å². The van der Waals surface area contributed by atoms with Crippen LogP contribution in [0.3, 0.4) is 0 Å². The van der Waals surface area contributed by atoms with Crippen molar-refractivity contribution in [3.63, 3.8) is 0 Å². The van der Waals surface area contributed by atoms with E-state index >= 15 is 0 Å². The summed E-state index contributed by atoms with van der Waals surface area (Å²) < 4.78 is 1.50. The average Bonchev–Trinajstić information content (AvgIpc) is 2.84. The van der Waals surface area contributed by atoms with Crippen molar-refractivity contribution in [2.75, 3.05) is 19.0 Å². The predicted molar refractivity (Wildman–Crippen MR) is 69.8 cm³/mol. The third-order valence-electron chi connectivity index (χ3n) is 2.71. The Hall–Kier alpha value is -2.44. The maximum absolute atomic E-state index is 10.6. The number of tetrazole rings is 1. The maximum Gasteiger partial charge on any atom is 0.305 e. The molecule has 2 aromatic rings. The molecule has 100 valence electrons. The van der Waals surface area contributed by atoms with Gasteiger partial charge in [-0.3, -0.25) is 4.79 Å². The number of benzene rings is 1. The third kappa shape index (κ3) is 3.06. The first-order valence-electron chi connectivity index (χ1n) is 5.83. The van der Waals surface area contributed by atoms with E-state index in [4.69, 9.17) is 5.11 Å². The van der Waals surface area contributed by atoms with E-state index in [1.807, 2.05) is 43.3 Å². The summed E-state index contributed by atoms with van der Waals surface area (Å²) in [6.07, 6.45) is -0.00613. The highest BCUT2D eigenvalue weighted by Gasteiger charge is 2.10. The van der Waals surface area contributed by atoms with Crippen molar-refractivity contribution in [2.24, 2.45) is 0 Å². The molecular weight excluding hydrogens is 246 g/mol. The lowest BCUT2D eigenvalue weighted by molar-refractivity contribution is -0.137. The van der Waals surface area contributed by atoms with Crippen molar-refractivity contribution in [1.29, 1.82) is 0 Å². The first-order valence-corrected chi connectivity index (χ1v) is 5.83. The summed E-state index contributed by atoms with van der Waals surface area (Å²) in [4.78, 5) is 12.6. The molecule has 0 radical (unpaired) electrons. The van der Waals surface area contributed by atoms with Crippen LogP contribution in [0.4, 0.5) is 5.69 Å². The normalized spacial score (nSPS) is 10.4. The van der Waals surface area contributed by atoms with Crippen LogP contribution in [0.25, 0.3) is 11.4 Å². The second-order valence-electron chi connectivity index (χ2n) is 4.31. The number of aliphatic carboxylic acids is 1. The molecule has 1 aromatic heterocycles. The highest BCUT2D eigenvalue weighted by atomic mass is 16.4. The molecule has 7 heteroatoms. The second-order valence-corrected chi connectivity index (χ2v) is 4.31. The van der Waals surface area contributed by atoms with Crippen LogP contribution in [0.2, 0.25) is 0 Å². The van der Waals surface area contributed by atoms with Gasteiger partial charge in [-0.2, -0.15) is 0 Å². The maximum atomic E-state index is 10.6. The molecular formula is C12H15N5O2. The zero-order valence-electron chi connectivity index (χ0n) is 10.8. The number of aromatic nitrogens is 4. The van der Waals surface area contributed by atoms with Gasteiger partial charge in [0.25, 0.3) is 0 Å². The van der Waals surface area contributed by atoms with Gasteiger partial charge in [-0.05, 0) is 34.7 Å². The van der Waals surface area contributed by atoms with Crippen LogP contribution in [0.15, 0.2) is 24.3 Å². The Kier molecular flexibility index (Phi) is 3.74. The van der Waals surface area contributed by atoms with Crippen LogP contribution in [0.5, 0.6) is 0 Å². The Labute approximate surface area is 110 Å². The van der Waals surface area contributed by atoms with Crippen LogP contribution in [-0.4, -0.2) is 45.4 Å². The highest BCUT2D eigenvalue weighted by molar-refractivity contribution is 5.66. The van der Waals surface area contributed by atoms with Crippen molar-refractivity contribution in [3.05, 3.63) is 24.3 Å². The Balaban J connectivity index is 2.22. The van der Waals surface area contributed by atoms with Crippen LogP contribution in [0, 0.1) is 0 Å². The number of hydrogen-bond acceptors (Lipinski definition) is 5. The number of hydrogen-bond donors (Lipinski definition) is 1. The minimum absolute atomic E-state index is 0.00613. The number of nitrogens with zero attached hydrogens (tertiary/aromatic N) is 5. The average molecular weight is 261 g/mol. The standard InChI is InChI=1S/C12H15N5O2/c1-16(2)10-5-3-9(4-6-10)12-13-14-15-17(12)8-7-11(18)19/h3-6H,7-8H2,1-2H3,(H,18,19). The molecule has 0 fully saturated rings. The lowest BCUT2D eigenvalue weighted by Crippen LogP contribution is -2.09. The first kappa shape index (κ1) is 13.0. The lowest BCUT2D eigenvalue weighted by Gasteiger charge is -2.12. The van der Waals surface area contributed by atoms with E-state index < -0.39 is 5.97 Å². The van der Waals surface area contributed by atoms with E-state index in [2.05, 4.69) is 15.5 Å². The van der Waals surface area contributed by atoms with Gasteiger partial charge in [0.15, 0.2) is 5.82 Å². The summed E-state index contributed by atoms with van der Waals surface area (Å²) in [6.45, 7) is 0.257. The zero-order valence-corrected chi connectivity index (χ0v) is 10.8. The van der Waals surface area contributed by atoms with Crippen LogP contribution >= 0.6 is 0 Å². The van der Waals surface area contributed by atoms with Gasteiger partial charge >= 0.3 is 5.97 Å². The Morgan fingerprint density at radius 2 is 2.00 bits per heavy atom. The van der Waals surface area contributed by atoms with Crippen molar-refractivity contribution in [1.82, 2.24) is 20.2 Å². The number of carboxylic acid groups (broad SMARTS) is 1. The summed E-state index contributed by atoms with van der Waals surface area (Å²) in [7, 11) is 3.93. The molecule has 0 atom stereocenters. The molecule has 0 saturated heterocycles. The summed E-state index contributed by atoms with van der Waals surface area (Å²) in [5, 5.41) is 20.0. The van der Waals surface area contributed by atoms with E-state index in [1.165, 1.54) is 4.68 Å². The molecule has 0 aliphatic heterocycles. The monoisotopic (exact) mass is 261 g/mol. The fourth-order valence-electron chi connectivity index (χ4n) is 1.67. The summed E-state index contributed by atoms with van der Waals surface area (Å²) in [5.41, 5.74) is 1.94. The minimum Gasteiger partial charge on any atom is -0.481 e. The molecule has 0 amide bonds. The van der Waals surface area contributed by atoms with Crippen LogP contribution in [0.1, 0.15) is 6.42 Å². The Morgan fingerprint density at radius 1 is 1.32 bits per heavy atom. The van der Waals surface area contributed by atoms with E-state index in [0.29, 0.717) is 5.82 Å². The van der Waals surface area contributed by atoms with Crippen molar-refractivity contribution in [2.45, 2.75) is 13.0 Å². The quantitative estimate of drug-likeness (QED) is 0.860. The summed E-state index contributed by atoms with van der Waals surface area (Å²) >= 11 is 0. The number of rotatable bonds is 5. The number of aryl methyl sites for hydroxylation is 1. The summed E-state index contributed by atoms with van der Waals surface area (Å²) in [5.74, 6) is -0.295. The van der Waals surface area contributed by atoms with Crippen molar-refractivity contribution < 1.29 is 9.90 Å². The molecule has 1 N–H and O–H groups in total.